The zero-order valence-electron chi connectivity index (χ0n) is 22.5. The van der Waals surface area contributed by atoms with Gasteiger partial charge in [-0.2, -0.15) is 9.97 Å². The SMILES string of the molecule is COCCOc1ccc(Nc2nc(N(Cc3ccccc3)Cc3ccccc3)c3ncn(C4CNC4)c3n2)cc1. The Bertz CT molecular complexity index is 1480. The summed E-state index contributed by atoms with van der Waals surface area (Å²) in [6.07, 6.45) is 1.90. The number of fused-ring (bicyclic) bond motifs is 1. The van der Waals surface area contributed by atoms with Gasteiger partial charge in [0.15, 0.2) is 17.0 Å². The lowest BCUT2D eigenvalue weighted by Crippen LogP contribution is -2.43. The number of nitrogens with one attached hydrogen (secondary N) is 2. The second-order valence-electron chi connectivity index (χ2n) is 9.82. The molecule has 0 bridgehead atoms. The molecule has 0 aliphatic carbocycles. The minimum Gasteiger partial charge on any atom is -0.491 e. The lowest BCUT2D eigenvalue weighted by molar-refractivity contribution is 0.146. The maximum atomic E-state index is 5.72. The summed E-state index contributed by atoms with van der Waals surface area (Å²) in [5.41, 5.74) is 4.90. The van der Waals surface area contributed by atoms with Crippen LogP contribution in [0.5, 0.6) is 5.75 Å². The van der Waals surface area contributed by atoms with E-state index >= 15 is 0 Å². The Morgan fingerprint density at radius 1 is 0.875 bits per heavy atom. The maximum Gasteiger partial charge on any atom is 0.231 e. The number of imidazole rings is 1. The van der Waals surface area contributed by atoms with Crippen LogP contribution in [0.4, 0.5) is 17.5 Å². The van der Waals surface area contributed by atoms with Crippen molar-refractivity contribution in [2.75, 3.05) is 43.6 Å². The summed E-state index contributed by atoms with van der Waals surface area (Å²) in [6, 6.07) is 29.0. The van der Waals surface area contributed by atoms with Crippen LogP contribution in [0.1, 0.15) is 17.2 Å². The summed E-state index contributed by atoms with van der Waals surface area (Å²) in [6.45, 7) is 4.22. The third-order valence-electron chi connectivity index (χ3n) is 6.96. The molecule has 1 aliphatic rings. The number of ether oxygens (including phenoxy) is 2. The zero-order chi connectivity index (χ0) is 27.1. The maximum absolute atomic E-state index is 5.72. The number of nitrogens with zero attached hydrogens (tertiary/aromatic N) is 5. The first-order valence-corrected chi connectivity index (χ1v) is 13.5. The van der Waals surface area contributed by atoms with Crippen molar-refractivity contribution in [3.8, 4) is 5.75 Å². The molecule has 0 spiro atoms. The van der Waals surface area contributed by atoms with Gasteiger partial charge in [-0.15, -0.1) is 0 Å². The molecule has 2 aromatic heterocycles. The first-order valence-electron chi connectivity index (χ1n) is 13.5. The number of anilines is 3. The van der Waals surface area contributed by atoms with E-state index in [4.69, 9.17) is 24.4 Å². The highest BCUT2D eigenvalue weighted by Gasteiger charge is 2.25. The topological polar surface area (TPSA) is 89.4 Å². The van der Waals surface area contributed by atoms with Crippen LogP contribution in [0.25, 0.3) is 11.2 Å². The van der Waals surface area contributed by atoms with E-state index in [-0.39, 0.29) is 0 Å². The van der Waals surface area contributed by atoms with Gasteiger partial charge in [0.05, 0.1) is 19.0 Å². The van der Waals surface area contributed by atoms with Crippen molar-refractivity contribution >= 4 is 28.6 Å². The minimum atomic E-state index is 0.320. The van der Waals surface area contributed by atoms with Crippen LogP contribution < -0.4 is 20.3 Å². The second kappa shape index (κ2) is 12.1. The van der Waals surface area contributed by atoms with Gasteiger partial charge in [0.25, 0.3) is 0 Å². The fourth-order valence-corrected chi connectivity index (χ4v) is 4.74. The average Bonchev–Trinajstić information content (AvgIpc) is 3.37. The third-order valence-corrected chi connectivity index (χ3v) is 6.96. The van der Waals surface area contributed by atoms with Crippen LogP contribution in [0, 0.1) is 0 Å². The molecule has 5 aromatic rings. The van der Waals surface area contributed by atoms with E-state index in [0.29, 0.717) is 38.3 Å². The number of aromatic nitrogens is 4. The van der Waals surface area contributed by atoms with E-state index < -0.39 is 0 Å². The molecule has 3 aromatic carbocycles. The Morgan fingerprint density at radius 2 is 1.55 bits per heavy atom. The fraction of sp³-hybridized carbons (Fsp3) is 0.258. The molecule has 0 amide bonds. The summed E-state index contributed by atoms with van der Waals surface area (Å²) in [7, 11) is 1.66. The molecule has 1 saturated heterocycles. The van der Waals surface area contributed by atoms with Gasteiger partial charge in [0.2, 0.25) is 5.95 Å². The van der Waals surface area contributed by atoms with E-state index in [9.17, 15) is 0 Å². The highest BCUT2D eigenvalue weighted by atomic mass is 16.5. The van der Waals surface area contributed by atoms with Gasteiger partial charge in [-0.3, -0.25) is 0 Å². The summed E-state index contributed by atoms with van der Waals surface area (Å²) >= 11 is 0. The van der Waals surface area contributed by atoms with Gasteiger partial charge < -0.3 is 29.6 Å². The fourth-order valence-electron chi connectivity index (χ4n) is 4.74. The monoisotopic (exact) mass is 535 g/mol. The van der Waals surface area contributed by atoms with Crippen molar-refractivity contribution < 1.29 is 9.47 Å². The van der Waals surface area contributed by atoms with E-state index in [1.165, 1.54) is 11.1 Å². The van der Waals surface area contributed by atoms with Crippen molar-refractivity contribution in [1.29, 1.82) is 0 Å². The molecule has 0 saturated carbocycles. The molecule has 2 N–H and O–H groups in total. The zero-order valence-corrected chi connectivity index (χ0v) is 22.5. The van der Waals surface area contributed by atoms with Crippen LogP contribution >= 0.6 is 0 Å². The molecule has 0 radical (unpaired) electrons. The van der Waals surface area contributed by atoms with Crippen molar-refractivity contribution in [2.24, 2.45) is 0 Å². The van der Waals surface area contributed by atoms with Crippen LogP contribution in [-0.4, -0.2) is 52.9 Å². The summed E-state index contributed by atoms with van der Waals surface area (Å²) in [5, 5.41) is 6.78. The van der Waals surface area contributed by atoms with E-state index in [0.717, 1.165) is 41.5 Å². The van der Waals surface area contributed by atoms with Gasteiger partial charge in [-0.25, -0.2) is 4.98 Å². The van der Waals surface area contributed by atoms with Crippen molar-refractivity contribution in [2.45, 2.75) is 19.1 Å². The molecule has 204 valence electrons. The lowest BCUT2D eigenvalue weighted by atomic mass is 10.1. The first kappa shape index (κ1) is 25.8. The molecule has 9 nitrogen and oxygen atoms in total. The normalized spacial score (nSPS) is 13.2. The Morgan fingerprint density at radius 3 is 2.15 bits per heavy atom. The molecule has 0 atom stereocenters. The number of hydrogen-bond acceptors (Lipinski definition) is 8. The van der Waals surface area contributed by atoms with Crippen molar-refractivity contribution in [3.63, 3.8) is 0 Å². The highest BCUT2D eigenvalue weighted by molar-refractivity contribution is 5.85. The predicted molar refractivity (Wildman–Crippen MR) is 157 cm³/mol. The standard InChI is InChI=1S/C31H33N7O2/c1-39-16-17-40-27-14-12-25(13-15-27)34-31-35-29(28-30(36-31)38(22-33-28)26-18-32-19-26)37(20-23-8-4-2-5-9-23)21-24-10-6-3-7-11-24/h2-15,22,26,32H,16-21H2,1H3,(H,34,35,36). The molecule has 9 heteroatoms. The van der Waals surface area contributed by atoms with Crippen molar-refractivity contribution in [1.82, 2.24) is 24.8 Å². The van der Waals surface area contributed by atoms with Crippen LogP contribution in [-0.2, 0) is 17.8 Å². The minimum absolute atomic E-state index is 0.320. The Balaban J connectivity index is 1.37. The average molecular weight is 536 g/mol. The Kier molecular flexibility index (Phi) is 7.83. The molecular weight excluding hydrogens is 502 g/mol. The largest absolute Gasteiger partial charge is 0.491 e. The van der Waals surface area contributed by atoms with Gasteiger partial charge in [-0.05, 0) is 35.4 Å². The number of methoxy groups -OCH3 is 1. The molecule has 40 heavy (non-hydrogen) atoms. The lowest BCUT2D eigenvalue weighted by Gasteiger charge is -2.29. The molecule has 1 aliphatic heterocycles. The quantitative estimate of drug-likeness (QED) is 0.217. The van der Waals surface area contributed by atoms with E-state index in [2.05, 4.69) is 68.6 Å². The van der Waals surface area contributed by atoms with Crippen LogP contribution in [0.3, 0.4) is 0 Å². The molecule has 3 heterocycles. The molecular formula is C31H33N7O2. The van der Waals surface area contributed by atoms with Gasteiger partial charge in [0.1, 0.15) is 12.4 Å². The van der Waals surface area contributed by atoms with Crippen molar-refractivity contribution in [3.05, 3.63) is 102 Å². The van der Waals surface area contributed by atoms with Crippen LogP contribution in [0.15, 0.2) is 91.3 Å². The molecule has 1 fully saturated rings. The first-order chi connectivity index (χ1) is 19.8. The van der Waals surface area contributed by atoms with Gasteiger partial charge in [0, 0.05) is 39.0 Å². The summed E-state index contributed by atoms with van der Waals surface area (Å²) < 4.78 is 12.9. The molecule has 0 unspecified atom stereocenters. The number of hydrogen-bond donors (Lipinski definition) is 2. The van der Waals surface area contributed by atoms with Gasteiger partial charge >= 0.3 is 0 Å². The second-order valence-corrected chi connectivity index (χ2v) is 9.82. The number of rotatable bonds is 12. The smallest absolute Gasteiger partial charge is 0.231 e. The van der Waals surface area contributed by atoms with E-state index in [1.807, 2.05) is 42.7 Å². The molecule has 6 rings (SSSR count). The predicted octanol–water partition coefficient (Wildman–Crippen LogP) is 4.95. The summed E-state index contributed by atoms with van der Waals surface area (Å²) in [5.74, 6) is 2.11. The number of benzene rings is 3. The Labute approximate surface area is 233 Å². The van der Waals surface area contributed by atoms with Gasteiger partial charge in [-0.1, -0.05) is 60.7 Å². The van der Waals surface area contributed by atoms with Crippen LogP contribution in [0.2, 0.25) is 0 Å². The third kappa shape index (κ3) is 5.90. The Hall–Kier alpha value is -4.47. The highest BCUT2D eigenvalue weighted by Crippen LogP contribution is 2.30. The summed E-state index contributed by atoms with van der Waals surface area (Å²) in [4.78, 5) is 17.1. The van der Waals surface area contributed by atoms with E-state index in [1.54, 1.807) is 7.11 Å².